The van der Waals surface area contributed by atoms with Crippen LogP contribution in [0.2, 0.25) is 0 Å². The second-order valence-electron chi connectivity index (χ2n) is 5.67. The first-order valence-electron chi connectivity index (χ1n) is 7.97. The van der Waals surface area contributed by atoms with Gasteiger partial charge in [0.25, 0.3) is 5.91 Å². The summed E-state index contributed by atoms with van der Waals surface area (Å²) in [7, 11) is 1.55. The van der Waals surface area contributed by atoms with Crippen LogP contribution in [-0.2, 0) is 0 Å². The van der Waals surface area contributed by atoms with Crippen molar-refractivity contribution in [1.82, 2.24) is 9.97 Å². The van der Waals surface area contributed by atoms with Crippen molar-refractivity contribution in [3.05, 3.63) is 71.6 Å². The molecule has 2 N–H and O–H groups in total. The number of hydrogen-bond acceptors (Lipinski definition) is 5. The number of carbonyl (C=O) groups is 1. The van der Waals surface area contributed by atoms with Gasteiger partial charge in [-0.15, -0.1) is 0 Å². The normalized spacial score (nSPS) is 10.4. The Labute approximate surface area is 154 Å². The molecule has 6 nitrogen and oxygen atoms in total. The maximum absolute atomic E-state index is 13.6. The summed E-state index contributed by atoms with van der Waals surface area (Å²) in [6, 6.07) is 8.89. The van der Waals surface area contributed by atoms with E-state index in [1.807, 2.05) is 25.1 Å². The average Bonchev–Trinajstić information content (AvgIpc) is 2.65. The Morgan fingerprint density at radius 2 is 1.74 bits per heavy atom. The van der Waals surface area contributed by atoms with Gasteiger partial charge in [-0.3, -0.25) is 4.79 Å². The Hall–Kier alpha value is -3.55. The molecule has 1 amide bonds. The summed E-state index contributed by atoms with van der Waals surface area (Å²) in [5, 5.41) is 5.18. The molecule has 0 saturated heterocycles. The van der Waals surface area contributed by atoms with Crippen LogP contribution in [0.15, 0.2) is 48.8 Å². The molecule has 0 fully saturated rings. The van der Waals surface area contributed by atoms with E-state index in [0.717, 1.165) is 17.7 Å². The number of carbonyl (C=O) groups excluding carboxylic acids is 1. The SMILES string of the molecule is COc1ccc(C)cc1Nc1ncc(C(=O)Nc2c(F)cccc2F)cn1. The molecule has 0 radical (unpaired) electrons. The van der Waals surface area contributed by atoms with Crippen LogP contribution in [0.1, 0.15) is 15.9 Å². The van der Waals surface area contributed by atoms with E-state index >= 15 is 0 Å². The summed E-state index contributed by atoms with van der Waals surface area (Å²) in [5.74, 6) is -1.60. The number of nitrogens with one attached hydrogen (secondary N) is 2. The van der Waals surface area contributed by atoms with Crippen molar-refractivity contribution in [3.63, 3.8) is 0 Å². The number of amides is 1. The van der Waals surface area contributed by atoms with Gasteiger partial charge in [0.15, 0.2) is 0 Å². The third-order valence-electron chi connectivity index (χ3n) is 3.72. The van der Waals surface area contributed by atoms with Gasteiger partial charge < -0.3 is 15.4 Å². The number of benzene rings is 2. The van der Waals surface area contributed by atoms with E-state index in [4.69, 9.17) is 4.74 Å². The molecule has 3 aromatic rings. The lowest BCUT2D eigenvalue weighted by atomic mass is 10.2. The number of para-hydroxylation sites is 1. The molecule has 0 atom stereocenters. The number of methoxy groups -OCH3 is 1. The van der Waals surface area contributed by atoms with Crippen LogP contribution in [0, 0.1) is 18.6 Å². The average molecular weight is 370 g/mol. The number of anilines is 3. The lowest BCUT2D eigenvalue weighted by Gasteiger charge is -2.11. The summed E-state index contributed by atoms with van der Waals surface area (Å²) < 4.78 is 32.5. The Morgan fingerprint density at radius 1 is 1.07 bits per heavy atom. The zero-order valence-corrected chi connectivity index (χ0v) is 14.6. The number of aromatic nitrogens is 2. The van der Waals surface area contributed by atoms with E-state index in [0.29, 0.717) is 11.4 Å². The second kappa shape index (κ2) is 7.77. The second-order valence-corrected chi connectivity index (χ2v) is 5.67. The Kier molecular flexibility index (Phi) is 5.25. The molecular formula is C19H16F2N4O2. The molecule has 0 aliphatic carbocycles. The van der Waals surface area contributed by atoms with Gasteiger partial charge in [0, 0.05) is 12.4 Å². The molecule has 138 valence electrons. The van der Waals surface area contributed by atoms with E-state index in [1.165, 1.54) is 18.5 Å². The summed E-state index contributed by atoms with van der Waals surface area (Å²) in [5.41, 5.74) is 1.22. The van der Waals surface area contributed by atoms with Crippen LogP contribution in [-0.4, -0.2) is 23.0 Å². The van der Waals surface area contributed by atoms with Crippen LogP contribution in [0.25, 0.3) is 0 Å². The zero-order chi connectivity index (χ0) is 19.4. The highest BCUT2D eigenvalue weighted by molar-refractivity contribution is 6.04. The van der Waals surface area contributed by atoms with Gasteiger partial charge in [-0.2, -0.15) is 0 Å². The third-order valence-corrected chi connectivity index (χ3v) is 3.72. The van der Waals surface area contributed by atoms with Crippen LogP contribution in [0.5, 0.6) is 5.75 Å². The number of halogens is 2. The highest BCUT2D eigenvalue weighted by atomic mass is 19.1. The third kappa shape index (κ3) is 4.17. The minimum atomic E-state index is -0.867. The topological polar surface area (TPSA) is 76.1 Å². The van der Waals surface area contributed by atoms with E-state index in [1.54, 1.807) is 7.11 Å². The molecule has 0 saturated carbocycles. The fourth-order valence-electron chi connectivity index (χ4n) is 2.35. The maximum Gasteiger partial charge on any atom is 0.258 e. The Bertz CT molecular complexity index is 958. The first-order chi connectivity index (χ1) is 13.0. The van der Waals surface area contributed by atoms with Crippen LogP contribution >= 0.6 is 0 Å². The molecule has 0 aliphatic heterocycles. The number of ether oxygens (including phenoxy) is 1. The number of rotatable bonds is 5. The van der Waals surface area contributed by atoms with Crippen LogP contribution in [0.4, 0.5) is 26.1 Å². The maximum atomic E-state index is 13.6. The minimum absolute atomic E-state index is 0.0550. The van der Waals surface area contributed by atoms with E-state index in [-0.39, 0.29) is 11.5 Å². The van der Waals surface area contributed by atoms with Crippen molar-refractivity contribution in [2.24, 2.45) is 0 Å². The van der Waals surface area contributed by atoms with Crippen molar-refractivity contribution >= 4 is 23.2 Å². The largest absolute Gasteiger partial charge is 0.495 e. The smallest absolute Gasteiger partial charge is 0.258 e. The zero-order valence-electron chi connectivity index (χ0n) is 14.6. The van der Waals surface area contributed by atoms with E-state index in [9.17, 15) is 13.6 Å². The number of hydrogen-bond donors (Lipinski definition) is 2. The fraction of sp³-hybridized carbons (Fsp3) is 0.105. The lowest BCUT2D eigenvalue weighted by molar-refractivity contribution is 0.102. The minimum Gasteiger partial charge on any atom is -0.495 e. The molecule has 3 rings (SSSR count). The molecule has 1 aromatic heterocycles. The molecule has 0 spiro atoms. The monoisotopic (exact) mass is 370 g/mol. The van der Waals surface area contributed by atoms with Crippen molar-refractivity contribution in [1.29, 1.82) is 0 Å². The lowest BCUT2D eigenvalue weighted by Crippen LogP contribution is -2.15. The predicted octanol–water partition coefficient (Wildman–Crippen LogP) is 4.07. The van der Waals surface area contributed by atoms with Gasteiger partial charge in [-0.1, -0.05) is 12.1 Å². The Morgan fingerprint density at radius 3 is 2.37 bits per heavy atom. The summed E-state index contributed by atoms with van der Waals surface area (Å²) in [6.45, 7) is 1.93. The van der Waals surface area contributed by atoms with Gasteiger partial charge in [0.05, 0.1) is 18.4 Å². The quantitative estimate of drug-likeness (QED) is 0.708. The van der Waals surface area contributed by atoms with Gasteiger partial charge in [-0.25, -0.2) is 18.7 Å². The van der Waals surface area contributed by atoms with E-state index < -0.39 is 23.2 Å². The van der Waals surface area contributed by atoms with Gasteiger partial charge in [0.2, 0.25) is 5.95 Å². The number of nitrogens with zero attached hydrogens (tertiary/aromatic N) is 2. The molecule has 2 aromatic carbocycles. The van der Waals surface area contributed by atoms with Crippen molar-refractivity contribution in [2.45, 2.75) is 6.92 Å². The van der Waals surface area contributed by atoms with Crippen LogP contribution < -0.4 is 15.4 Å². The molecular weight excluding hydrogens is 354 g/mol. The van der Waals surface area contributed by atoms with Crippen molar-refractivity contribution in [2.75, 3.05) is 17.7 Å². The highest BCUT2D eigenvalue weighted by Gasteiger charge is 2.14. The fourth-order valence-corrected chi connectivity index (χ4v) is 2.35. The molecule has 0 unspecified atom stereocenters. The summed E-state index contributed by atoms with van der Waals surface area (Å²) >= 11 is 0. The molecule has 8 heteroatoms. The van der Waals surface area contributed by atoms with Crippen molar-refractivity contribution in [3.8, 4) is 5.75 Å². The molecule has 1 heterocycles. The van der Waals surface area contributed by atoms with E-state index in [2.05, 4.69) is 20.6 Å². The predicted molar refractivity (Wildman–Crippen MR) is 97.4 cm³/mol. The molecule has 0 bridgehead atoms. The summed E-state index contributed by atoms with van der Waals surface area (Å²) in [6.07, 6.45) is 2.51. The van der Waals surface area contributed by atoms with Crippen LogP contribution in [0.3, 0.4) is 0 Å². The van der Waals surface area contributed by atoms with Crippen molar-refractivity contribution < 1.29 is 18.3 Å². The first kappa shape index (κ1) is 18.2. The first-order valence-corrected chi connectivity index (χ1v) is 7.97. The Balaban J connectivity index is 1.76. The van der Waals surface area contributed by atoms with Gasteiger partial charge in [0.1, 0.15) is 23.1 Å². The standard InChI is InChI=1S/C19H16F2N4O2/c1-11-6-7-16(27-2)15(8-11)24-19-22-9-12(10-23-19)18(26)25-17-13(20)4-3-5-14(17)21/h3-10H,1-2H3,(H,25,26)(H,22,23,24). The van der Waals surface area contributed by atoms with Gasteiger partial charge >= 0.3 is 0 Å². The summed E-state index contributed by atoms with van der Waals surface area (Å²) in [4.78, 5) is 20.3. The number of aryl methyl sites for hydroxylation is 1. The van der Waals surface area contributed by atoms with Gasteiger partial charge in [-0.05, 0) is 36.8 Å². The molecule has 0 aliphatic rings. The molecule has 27 heavy (non-hydrogen) atoms. The highest BCUT2D eigenvalue weighted by Crippen LogP contribution is 2.27.